The molecule has 1 N–H and O–H groups in total. The lowest BCUT2D eigenvalue weighted by Crippen LogP contribution is -2.03. The molecule has 0 unspecified atom stereocenters. The average molecular weight is 304 g/mol. The topological polar surface area (TPSA) is 93.3 Å². The van der Waals surface area contributed by atoms with Crippen molar-refractivity contribution in [1.29, 1.82) is 0 Å². The van der Waals surface area contributed by atoms with Crippen LogP contribution in [0.15, 0.2) is 41.6 Å². The number of nitrogens with zero attached hydrogens (tertiary/aromatic N) is 2. The molecule has 0 aliphatic rings. The van der Waals surface area contributed by atoms with E-state index in [0.717, 1.165) is 23.4 Å². The van der Waals surface area contributed by atoms with E-state index in [2.05, 4.69) is 4.98 Å². The Labute approximate surface area is 125 Å². The van der Waals surface area contributed by atoms with Crippen molar-refractivity contribution in [3.63, 3.8) is 0 Å². The number of aromatic nitrogens is 1. The maximum atomic E-state index is 11.2. The van der Waals surface area contributed by atoms with E-state index in [0.29, 0.717) is 5.75 Å². The Morgan fingerprint density at radius 1 is 1.43 bits per heavy atom. The van der Waals surface area contributed by atoms with Crippen LogP contribution in [0.4, 0.5) is 5.69 Å². The molecule has 1 aromatic heterocycles. The van der Waals surface area contributed by atoms with Gasteiger partial charge in [0.2, 0.25) is 0 Å². The van der Waals surface area contributed by atoms with Crippen molar-refractivity contribution in [1.82, 2.24) is 4.98 Å². The van der Waals surface area contributed by atoms with Crippen molar-refractivity contribution in [2.45, 2.75) is 17.7 Å². The molecule has 0 radical (unpaired) electrons. The summed E-state index contributed by atoms with van der Waals surface area (Å²) in [5.74, 6) is -0.670. The Bertz CT molecular complexity index is 703. The summed E-state index contributed by atoms with van der Waals surface area (Å²) in [6, 6.07) is 8.79. The van der Waals surface area contributed by atoms with Crippen LogP contribution in [0.25, 0.3) is 0 Å². The number of rotatable bonds is 5. The van der Waals surface area contributed by atoms with Crippen molar-refractivity contribution in [3.8, 4) is 0 Å². The highest BCUT2D eigenvalue weighted by Crippen LogP contribution is 2.27. The van der Waals surface area contributed by atoms with Gasteiger partial charge in [-0.3, -0.25) is 10.1 Å². The molecule has 7 heteroatoms. The third kappa shape index (κ3) is 3.57. The van der Waals surface area contributed by atoms with Gasteiger partial charge in [0.15, 0.2) is 0 Å². The summed E-state index contributed by atoms with van der Waals surface area (Å²) in [5, 5.41) is 20.1. The molecule has 0 aliphatic carbocycles. The monoisotopic (exact) mass is 304 g/mol. The second-order valence-corrected chi connectivity index (χ2v) is 5.29. The number of carboxylic acid groups (broad SMARTS) is 1. The number of aromatic carboxylic acids is 1. The number of carboxylic acids is 1. The highest BCUT2D eigenvalue weighted by Gasteiger charge is 2.18. The van der Waals surface area contributed by atoms with Crippen LogP contribution >= 0.6 is 11.8 Å². The number of pyridine rings is 1. The van der Waals surface area contributed by atoms with Crippen LogP contribution in [-0.4, -0.2) is 21.0 Å². The summed E-state index contributed by atoms with van der Waals surface area (Å²) in [4.78, 5) is 25.1. The number of hydrogen-bond donors (Lipinski definition) is 1. The number of carbonyl (C=O) groups is 1. The number of aryl methyl sites for hydroxylation is 1. The van der Waals surface area contributed by atoms with Crippen molar-refractivity contribution < 1.29 is 14.8 Å². The van der Waals surface area contributed by atoms with Crippen LogP contribution in [0.2, 0.25) is 0 Å². The van der Waals surface area contributed by atoms with Gasteiger partial charge in [0.05, 0.1) is 10.5 Å². The lowest BCUT2D eigenvalue weighted by atomic mass is 10.1. The van der Waals surface area contributed by atoms with Gasteiger partial charge in [0.1, 0.15) is 11.2 Å². The van der Waals surface area contributed by atoms with E-state index < -0.39 is 10.9 Å². The van der Waals surface area contributed by atoms with Crippen LogP contribution in [0.1, 0.15) is 21.5 Å². The molecule has 21 heavy (non-hydrogen) atoms. The first kappa shape index (κ1) is 15.0. The normalized spacial score (nSPS) is 10.3. The second kappa shape index (κ2) is 6.36. The molecule has 0 saturated carbocycles. The van der Waals surface area contributed by atoms with Gasteiger partial charge in [0, 0.05) is 11.8 Å². The summed E-state index contributed by atoms with van der Waals surface area (Å²) in [5.41, 5.74) is 1.69. The average Bonchev–Trinajstić information content (AvgIpc) is 2.46. The van der Waals surface area contributed by atoms with Gasteiger partial charge in [-0.2, -0.15) is 0 Å². The van der Waals surface area contributed by atoms with E-state index >= 15 is 0 Å². The van der Waals surface area contributed by atoms with Crippen LogP contribution in [0.5, 0.6) is 0 Å². The summed E-state index contributed by atoms with van der Waals surface area (Å²) in [7, 11) is 0. The minimum Gasteiger partial charge on any atom is -0.478 e. The molecule has 108 valence electrons. The minimum absolute atomic E-state index is 0.150. The summed E-state index contributed by atoms with van der Waals surface area (Å²) < 4.78 is 0. The second-order valence-electron chi connectivity index (χ2n) is 4.32. The third-order valence-corrected chi connectivity index (χ3v) is 3.96. The highest BCUT2D eigenvalue weighted by molar-refractivity contribution is 7.98. The number of thioether (sulfide) groups is 1. The molecule has 6 nitrogen and oxygen atoms in total. The highest BCUT2D eigenvalue weighted by atomic mass is 32.2. The van der Waals surface area contributed by atoms with Crippen LogP contribution < -0.4 is 0 Å². The van der Waals surface area contributed by atoms with Crippen LogP contribution in [-0.2, 0) is 5.75 Å². The van der Waals surface area contributed by atoms with E-state index in [1.807, 2.05) is 31.2 Å². The molecule has 1 aromatic carbocycles. The van der Waals surface area contributed by atoms with E-state index in [1.165, 1.54) is 11.8 Å². The summed E-state index contributed by atoms with van der Waals surface area (Å²) >= 11 is 1.25. The fourth-order valence-electron chi connectivity index (χ4n) is 1.73. The summed E-state index contributed by atoms with van der Waals surface area (Å²) in [6.07, 6.45) is 1.08. The first-order valence-corrected chi connectivity index (χ1v) is 7.02. The molecular weight excluding hydrogens is 292 g/mol. The minimum atomic E-state index is -1.22. The van der Waals surface area contributed by atoms with Gasteiger partial charge in [-0.25, -0.2) is 9.78 Å². The van der Waals surface area contributed by atoms with Crippen LogP contribution in [0, 0.1) is 17.0 Å². The van der Waals surface area contributed by atoms with E-state index in [-0.39, 0.29) is 16.3 Å². The molecule has 0 amide bonds. The Balaban J connectivity index is 2.26. The molecular formula is C14H12N2O4S. The molecule has 0 fully saturated rings. The van der Waals surface area contributed by atoms with Crippen LogP contribution in [0.3, 0.4) is 0 Å². The van der Waals surface area contributed by atoms with Gasteiger partial charge in [-0.15, -0.1) is 11.8 Å². The van der Waals surface area contributed by atoms with Gasteiger partial charge in [0.25, 0.3) is 5.69 Å². The van der Waals surface area contributed by atoms with Gasteiger partial charge in [-0.05, 0) is 18.1 Å². The molecule has 0 atom stereocenters. The number of benzene rings is 1. The fourth-order valence-corrected chi connectivity index (χ4v) is 2.77. The van der Waals surface area contributed by atoms with Gasteiger partial charge in [-0.1, -0.05) is 24.3 Å². The zero-order valence-corrected chi connectivity index (χ0v) is 12.0. The number of hydrogen-bond acceptors (Lipinski definition) is 5. The first-order chi connectivity index (χ1) is 9.99. The molecule has 2 rings (SSSR count). The van der Waals surface area contributed by atoms with E-state index in [9.17, 15) is 14.9 Å². The fraction of sp³-hybridized carbons (Fsp3) is 0.143. The lowest BCUT2D eigenvalue weighted by Gasteiger charge is -2.07. The Hall–Kier alpha value is -2.41. The van der Waals surface area contributed by atoms with Gasteiger partial charge >= 0.3 is 5.97 Å². The maximum absolute atomic E-state index is 11.2. The van der Waals surface area contributed by atoms with Crippen molar-refractivity contribution in [2.75, 3.05) is 0 Å². The molecule has 0 saturated heterocycles. The lowest BCUT2D eigenvalue weighted by molar-refractivity contribution is -0.385. The van der Waals surface area contributed by atoms with Crippen molar-refractivity contribution in [3.05, 3.63) is 63.3 Å². The maximum Gasteiger partial charge on any atom is 0.338 e. The van der Waals surface area contributed by atoms with Gasteiger partial charge < -0.3 is 5.11 Å². The largest absolute Gasteiger partial charge is 0.478 e. The van der Waals surface area contributed by atoms with Crippen molar-refractivity contribution >= 4 is 23.4 Å². The Kier molecular flexibility index (Phi) is 4.54. The smallest absolute Gasteiger partial charge is 0.338 e. The van der Waals surface area contributed by atoms with E-state index in [1.54, 1.807) is 0 Å². The SMILES string of the molecule is Cc1ccccc1CSc1ncc([N+](=O)[O-])cc1C(=O)O. The predicted octanol–water partition coefficient (Wildman–Crippen LogP) is 3.29. The first-order valence-electron chi connectivity index (χ1n) is 6.04. The zero-order chi connectivity index (χ0) is 15.4. The predicted molar refractivity (Wildman–Crippen MR) is 78.6 cm³/mol. The Morgan fingerprint density at radius 2 is 2.14 bits per heavy atom. The summed E-state index contributed by atoms with van der Waals surface area (Å²) in [6.45, 7) is 1.97. The standard InChI is InChI=1S/C14H12N2O4S/c1-9-4-2-3-5-10(9)8-21-13-12(14(17)18)6-11(7-15-13)16(19)20/h2-7H,8H2,1H3,(H,17,18). The molecule has 0 bridgehead atoms. The number of nitro groups is 1. The van der Waals surface area contributed by atoms with Crippen molar-refractivity contribution in [2.24, 2.45) is 0 Å². The quantitative estimate of drug-likeness (QED) is 0.517. The molecule has 0 spiro atoms. The third-order valence-electron chi connectivity index (χ3n) is 2.90. The Morgan fingerprint density at radius 3 is 2.76 bits per heavy atom. The molecule has 1 heterocycles. The van der Waals surface area contributed by atoms with E-state index in [4.69, 9.17) is 5.11 Å². The molecule has 0 aliphatic heterocycles. The zero-order valence-electron chi connectivity index (χ0n) is 11.1. The molecule has 2 aromatic rings.